The largest absolute Gasteiger partial charge is 0.356 e. The third-order valence-electron chi connectivity index (χ3n) is 2.38. The number of hydrogen-bond donors (Lipinski definition) is 2. The van der Waals surface area contributed by atoms with Crippen molar-refractivity contribution in [3.63, 3.8) is 0 Å². The Kier molecular flexibility index (Phi) is 4.30. The van der Waals surface area contributed by atoms with Crippen molar-refractivity contribution in [2.24, 2.45) is 5.14 Å². The number of sulfonamides is 1. The molecule has 0 bridgehead atoms. The zero-order valence-electron chi connectivity index (χ0n) is 9.93. The van der Waals surface area contributed by atoms with Gasteiger partial charge in [0.15, 0.2) is 0 Å². The van der Waals surface area contributed by atoms with Crippen molar-refractivity contribution in [2.45, 2.75) is 25.2 Å². The van der Waals surface area contributed by atoms with Crippen molar-refractivity contribution < 1.29 is 13.2 Å². The molecule has 0 saturated heterocycles. The number of aromatic nitrogens is 1. The average molecular weight is 259 g/mol. The summed E-state index contributed by atoms with van der Waals surface area (Å²) in [6.07, 6.45) is 2.07. The van der Waals surface area contributed by atoms with E-state index in [2.05, 4.69) is 4.98 Å². The quantitative estimate of drug-likeness (QED) is 0.807. The molecule has 0 saturated carbocycles. The lowest BCUT2D eigenvalue weighted by atomic mass is 10.3. The SMILES string of the molecule is CCCN(CC)C(=O)c1cc(S(N)(=O)=O)c[nH]1. The molecule has 1 rings (SSSR count). The molecule has 0 fully saturated rings. The Balaban J connectivity index is 2.94. The van der Waals surface area contributed by atoms with E-state index in [1.807, 2.05) is 13.8 Å². The first-order chi connectivity index (χ1) is 7.90. The summed E-state index contributed by atoms with van der Waals surface area (Å²) in [6, 6.07) is 1.26. The molecule has 96 valence electrons. The molecule has 0 aliphatic carbocycles. The number of carbonyl (C=O) groups is 1. The summed E-state index contributed by atoms with van der Waals surface area (Å²) in [6.45, 7) is 5.06. The van der Waals surface area contributed by atoms with Crippen LogP contribution in [0.3, 0.4) is 0 Å². The lowest BCUT2D eigenvalue weighted by molar-refractivity contribution is 0.0759. The van der Waals surface area contributed by atoms with Crippen LogP contribution in [-0.2, 0) is 10.0 Å². The van der Waals surface area contributed by atoms with Crippen LogP contribution in [-0.4, -0.2) is 37.3 Å². The Bertz CT molecular complexity index is 493. The molecule has 0 aliphatic rings. The van der Waals surface area contributed by atoms with E-state index in [4.69, 9.17) is 5.14 Å². The molecule has 3 N–H and O–H groups in total. The molecule has 6 nitrogen and oxygen atoms in total. The molecule has 1 aromatic rings. The summed E-state index contributed by atoms with van der Waals surface area (Å²) in [5.74, 6) is -0.218. The van der Waals surface area contributed by atoms with Crippen LogP contribution in [0.15, 0.2) is 17.2 Å². The summed E-state index contributed by atoms with van der Waals surface area (Å²) >= 11 is 0. The maximum atomic E-state index is 12.0. The van der Waals surface area contributed by atoms with E-state index in [-0.39, 0.29) is 16.5 Å². The Morgan fingerprint density at radius 1 is 1.47 bits per heavy atom. The Labute approximate surface area is 101 Å². The van der Waals surface area contributed by atoms with Crippen LogP contribution in [0.1, 0.15) is 30.8 Å². The molecule has 1 amide bonds. The molecule has 0 aliphatic heterocycles. The highest BCUT2D eigenvalue weighted by Gasteiger charge is 2.18. The van der Waals surface area contributed by atoms with E-state index in [9.17, 15) is 13.2 Å². The van der Waals surface area contributed by atoms with Crippen LogP contribution < -0.4 is 5.14 Å². The predicted octanol–water partition coefficient (Wildman–Crippen LogP) is 0.534. The molecule has 0 unspecified atom stereocenters. The van der Waals surface area contributed by atoms with Gasteiger partial charge in [-0.2, -0.15) is 0 Å². The van der Waals surface area contributed by atoms with Crippen molar-refractivity contribution in [2.75, 3.05) is 13.1 Å². The van der Waals surface area contributed by atoms with Crippen molar-refractivity contribution in [3.8, 4) is 0 Å². The number of rotatable bonds is 5. The van der Waals surface area contributed by atoms with Gasteiger partial charge in [0.1, 0.15) is 5.69 Å². The number of nitrogens with one attached hydrogen (secondary N) is 1. The van der Waals surface area contributed by atoms with E-state index < -0.39 is 10.0 Å². The van der Waals surface area contributed by atoms with Crippen molar-refractivity contribution >= 4 is 15.9 Å². The normalized spacial score (nSPS) is 11.5. The Morgan fingerprint density at radius 3 is 2.53 bits per heavy atom. The third kappa shape index (κ3) is 3.31. The van der Waals surface area contributed by atoms with Crippen LogP contribution in [0.5, 0.6) is 0 Å². The molecule has 0 spiro atoms. The van der Waals surface area contributed by atoms with Gasteiger partial charge < -0.3 is 9.88 Å². The number of hydrogen-bond acceptors (Lipinski definition) is 3. The van der Waals surface area contributed by atoms with Crippen molar-refractivity contribution in [1.29, 1.82) is 0 Å². The summed E-state index contributed by atoms with van der Waals surface area (Å²) in [4.78, 5) is 16.2. The van der Waals surface area contributed by atoms with Gasteiger partial charge in [0.05, 0.1) is 4.90 Å². The van der Waals surface area contributed by atoms with Gasteiger partial charge in [-0.05, 0) is 19.4 Å². The van der Waals surface area contributed by atoms with Crippen LogP contribution in [0.2, 0.25) is 0 Å². The minimum Gasteiger partial charge on any atom is -0.356 e. The first-order valence-corrected chi connectivity index (χ1v) is 6.95. The summed E-state index contributed by atoms with van der Waals surface area (Å²) in [5.41, 5.74) is 0.240. The topological polar surface area (TPSA) is 96.3 Å². The fourth-order valence-electron chi connectivity index (χ4n) is 1.51. The molecule has 0 aromatic carbocycles. The minimum atomic E-state index is -3.76. The number of aromatic amines is 1. The zero-order chi connectivity index (χ0) is 13.1. The molecule has 1 aromatic heterocycles. The summed E-state index contributed by atoms with van der Waals surface area (Å²) < 4.78 is 22.1. The second-order valence-electron chi connectivity index (χ2n) is 3.68. The van der Waals surface area contributed by atoms with Crippen molar-refractivity contribution in [1.82, 2.24) is 9.88 Å². The van der Waals surface area contributed by atoms with Gasteiger partial charge in [-0.3, -0.25) is 4.79 Å². The standard InChI is InChI=1S/C10H17N3O3S/c1-3-5-13(4-2)10(14)9-6-8(7-12-9)17(11,15)16/h6-7,12H,3-5H2,1-2H3,(H2,11,15,16). The fraction of sp³-hybridized carbons (Fsp3) is 0.500. The van der Waals surface area contributed by atoms with E-state index in [0.29, 0.717) is 13.1 Å². The number of nitrogens with two attached hydrogens (primary N) is 1. The maximum Gasteiger partial charge on any atom is 0.270 e. The van der Waals surface area contributed by atoms with Crippen LogP contribution in [0.25, 0.3) is 0 Å². The predicted molar refractivity (Wildman–Crippen MR) is 64.0 cm³/mol. The second kappa shape index (κ2) is 5.33. The van der Waals surface area contributed by atoms with E-state index >= 15 is 0 Å². The van der Waals surface area contributed by atoms with E-state index in [1.165, 1.54) is 12.3 Å². The van der Waals surface area contributed by atoms with Crippen LogP contribution >= 0.6 is 0 Å². The first-order valence-electron chi connectivity index (χ1n) is 5.40. The number of carbonyl (C=O) groups excluding carboxylic acids is 1. The van der Waals surface area contributed by atoms with Crippen molar-refractivity contribution in [3.05, 3.63) is 18.0 Å². The molecular formula is C10H17N3O3S. The maximum absolute atomic E-state index is 12.0. The van der Waals surface area contributed by atoms with Gasteiger partial charge in [0.2, 0.25) is 10.0 Å². The highest BCUT2D eigenvalue weighted by molar-refractivity contribution is 7.89. The van der Waals surface area contributed by atoms with E-state index in [0.717, 1.165) is 6.42 Å². The molecule has 7 heteroatoms. The average Bonchev–Trinajstić information content (AvgIpc) is 2.73. The number of primary sulfonamides is 1. The smallest absolute Gasteiger partial charge is 0.270 e. The monoisotopic (exact) mass is 259 g/mol. The van der Waals surface area contributed by atoms with Gasteiger partial charge in [-0.1, -0.05) is 6.92 Å². The minimum absolute atomic E-state index is 0.0756. The Morgan fingerprint density at radius 2 is 2.12 bits per heavy atom. The number of amides is 1. The fourth-order valence-corrected chi connectivity index (χ4v) is 2.01. The lowest BCUT2D eigenvalue weighted by Gasteiger charge is -2.18. The Hall–Kier alpha value is -1.34. The number of H-pyrrole nitrogens is 1. The summed E-state index contributed by atoms with van der Waals surface area (Å²) in [7, 11) is -3.76. The van der Waals surface area contributed by atoms with E-state index in [1.54, 1.807) is 4.90 Å². The highest BCUT2D eigenvalue weighted by Crippen LogP contribution is 2.11. The molecule has 0 radical (unpaired) electrons. The summed E-state index contributed by atoms with van der Waals surface area (Å²) in [5, 5.41) is 4.96. The van der Waals surface area contributed by atoms with Gasteiger partial charge in [0, 0.05) is 19.3 Å². The highest BCUT2D eigenvalue weighted by atomic mass is 32.2. The van der Waals surface area contributed by atoms with Gasteiger partial charge >= 0.3 is 0 Å². The second-order valence-corrected chi connectivity index (χ2v) is 5.24. The third-order valence-corrected chi connectivity index (χ3v) is 3.27. The molecule has 0 atom stereocenters. The number of nitrogens with zero attached hydrogens (tertiary/aromatic N) is 1. The molecule has 17 heavy (non-hydrogen) atoms. The first kappa shape index (κ1) is 13.7. The van der Waals surface area contributed by atoms with Gasteiger partial charge in [0.25, 0.3) is 5.91 Å². The van der Waals surface area contributed by atoms with Crippen LogP contribution in [0.4, 0.5) is 0 Å². The molecular weight excluding hydrogens is 242 g/mol. The van der Waals surface area contributed by atoms with Gasteiger partial charge in [-0.15, -0.1) is 0 Å². The zero-order valence-corrected chi connectivity index (χ0v) is 10.8. The van der Waals surface area contributed by atoms with Gasteiger partial charge in [-0.25, -0.2) is 13.6 Å². The molecule has 1 heterocycles. The van der Waals surface area contributed by atoms with Crippen LogP contribution in [0, 0.1) is 0 Å². The lowest BCUT2D eigenvalue weighted by Crippen LogP contribution is -2.31.